The summed E-state index contributed by atoms with van der Waals surface area (Å²) in [6.07, 6.45) is 6.76. The van der Waals surface area contributed by atoms with Crippen molar-refractivity contribution in [2.75, 3.05) is 37.6 Å². The summed E-state index contributed by atoms with van der Waals surface area (Å²) < 4.78 is 0. The van der Waals surface area contributed by atoms with Gasteiger partial charge in [-0.1, -0.05) is 31.0 Å². The van der Waals surface area contributed by atoms with Crippen LogP contribution in [0.1, 0.15) is 45.4 Å². The quantitative estimate of drug-likeness (QED) is 0.216. The molecule has 1 saturated carbocycles. The van der Waals surface area contributed by atoms with Gasteiger partial charge in [0.05, 0.1) is 6.54 Å². The maximum atomic E-state index is 12.0. The second-order valence-electron chi connectivity index (χ2n) is 7.88. The van der Waals surface area contributed by atoms with Gasteiger partial charge >= 0.3 is 0 Å². The Balaban J connectivity index is 0.00000300. The number of rotatable bonds is 8. The fourth-order valence-corrected chi connectivity index (χ4v) is 4.18. The number of carbonyl (C=O) groups excluding carboxylic acids is 1. The molecule has 1 unspecified atom stereocenters. The van der Waals surface area contributed by atoms with E-state index in [0.29, 0.717) is 31.5 Å². The molecule has 1 aromatic rings. The highest BCUT2D eigenvalue weighted by molar-refractivity contribution is 14.0. The minimum absolute atomic E-state index is 0. The number of hydrogen-bond donors (Lipinski definition) is 3. The smallest absolute Gasteiger partial charge is 0.220 e. The Morgan fingerprint density at radius 2 is 1.90 bits per heavy atom. The third-order valence-corrected chi connectivity index (χ3v) is 5.65. The van der Waals surface area contributed by atoms with Crippen LogP contribution >= 0.6 is 24.0 Å². The molecule has 1 saturated heterocycles. The third kappa shape index (κ3) is 8.03. The van der Waals surface area contributed by atoms with Gasteiger partial charge in [-0.3, -0.25) is 9.79 Å². The Morgan fingerprint density at radius 3 is 2.62 bits per heavy atom. The first-order chi connectivity index (χ1) is 13.7. The first-order valence-corrected chi connectivity index (χ1v) is 10.9. The number of para-hydroxylation sites is 1. The fraction of sp³-hybridized carbons (Fsp3) is 0.636. The Hall–Kier alpha value is -1.51. The molecule has 0 bridgehead atoms. The van der Waals surface area contributed by atoms with E-state index in [-0.39, 0.29) is 29.9 Å². The van der Waals surface area contributed by atoms with Gasteiger partial charge in [0.2, 0.25) is 5.91 Å². The molecular formula is C22H36IN5O. The molecule has 1 aromatic carbocycles. The molecule has 3 rings (SSSR count). The van der Waals surface area contributed by atoms with E-state index >= 15 is 0 Å². The molecule has 6 nitrogen and oxygen atoms in total. The molecule has 1 heterocycles. The summed E-state index contributed by atoms with van der Waals surface area (Å²) in [7, 11) is 0. The van der Waals surface area contributed by atoms with Crippen molar-refractivity contribution >= 4 is 41.5 Å². The topological polar surface area (TPSA) is 68.8 Å². The number of nitrogens with zero attached hydrogens (tertiary/aromatic N) is 2. The third-order valence-electron chi connectivity index (χ3n) is 5.65. The minimum atomic E-state index is 0. The molecule has 7 heteroatoms. The summed E-state index contributed by atoms with van der Waals surface area (Å²) in [5.74, 6) is 1.61. The van der Waals surface area contributed by atoms with Gasteiger partial charge in [-0.05, 0) is 44.2 Å². The lowest BCUT2D eigenvalue weighted by Crippen LogP contribution is -2.45. The number of hydrogen-bond acceptors (Lipinski definition) is 3. The molecule has 1 atom stereocenters. The first kappa shape index (κ1) is 23.8. The van der Waals surface area contributed by atoms with E-state index in [0.717, 1.165) is 32.0 Å². The summed E-state index contributed by atoms with van der Waals surface area (Å²) in [4.78, 5) is 19.1. The van der Waals surface area contributed by atoms with Gasteiger partial charge in [-0.2, -0.15) is 0 Å². The van der Waals surface area contributed by atoms with Crippen LogP contribution in [-0.2, 0) is 4.79 Å². The number of aliphatic imine (C=N–C) groups is 1. The van der Waals surface area contributed by atoms with Gasteiger partial charge in [0.25, 0.3) is 0 Å². The van der Waals surface area contributed by atoms with Crippen molar-refractivity contribution in [3.05, 3.63) is 30.3 Å². The zero-order chi connectivity index (χ0) is 19.6. The normalized spacial score (nSPS) is 19.7. The lowest BCUT2D eigenvalue weighted by molar-refractivity contribution is -0.121. The molecule has 2 aliphatic rings. The number of carbonyl (C=O) groups is 1. The van der Waals surface area contributed by atoms with Crippen LogP contribution in [0.15, 0.2) is 35.3 Å². The Kier molecular flexibility index (Phi) is 10.6. The van der Waals surface area contributed by atoms with Crippen LogP contribution in [0, 0.1) is 5.92 Å². The van der Waals surface area contributed by atoms with Crippen molar-refractivity contribution in [3.8, 4) is 0 Å². The Bertz CT molecular complexity index is 633. The number of halogens is 1. The molecular weight excluding hydrogens is 477 g/mol. The molecule has 162 valence electrons. The van der Waals surface area contributed by atoms with Gasteiger partial charge in [0.1, 0.15) is 0 Å². The van der Waals surface area contributed by atoms with Crippen molar-refractivity contribution in [2.24, 2.45) is 10.9 Å². The highest BCUT2D eigenvalue weighted by atomic mass is 127. The van der Waals surface area contributed by atoms with Crippen LogP contribution in [0.4, 0.5) is 5.69 Å². The molecule has 0 spiro atoms. The van der Waals surface area contributed by atoms with Crippen LogP contribution in [0.2, 0.25) is 0 Å². The number of benzene rings is 1. The SMILES string of the molecule is CCNC(=NCCNC(=O)CC1CCCC1)NC1CCN(c2ccccc2)C1.I. The average Bonchev–Trinajstić information content (AvgIpc) is 3.38. The lowest BCUT2D eigenvalue weighted by Gasteiger charge is -2.20. The molecule has 0 radical (unpaired) electrons. The van der Waals surface area contributed by atoms with E-state index in [1.807, 2.05) is 0 Å². The van der Waals surface area contributed by atoms with Crippen LogP contribution in [0.3, 0.4) is 0 Å². The number of nitrogens with one attached hydrogen (secondary N) is 3. The monoisotopic (exact) mass is 513 g/mol. The molecule has 1 aliphatic carbocycles. The first-order valence-electron chi connectivity index (χ1n) is 10.9. The molecule has 1 aliphatic heterocycles. The number of anilines is 1. The van der Waals surface area contributed by atoms with E-state index in [1.165, 1.54) is 31.4 Å². The fourth-order valence-electron chi connectivity index (χ4n) is 4.18. The minimum Gasteiger partial charge on any atom is -0.369 e. The maximum Gasteiger partial charge on any atom is 0.220 e. The summed E-state index contributed by atoms with van der Waals surface area (Å²) in [6, 6.07) is 10.9. The molecule has 3 N–H and O–H groups in total. The van der Waals surface area contributed by atoms with Crippen molar-refractivity contribution in [1.82, 2.24) is 16.0 Å². The van der Waals surface area contributed by atoms with Crippen molar-refractivity contribution in [1.29, 1.82) is 0 Å². The van der Waals surface area contributed by atoms with Gasteiger partial charge in [-0.15, -0.1) is 24.0 Å². The zero-order valence-corrected chi connectivity index (χ0v) is 19.9. The van der Waals surface area contributed by atoms with Gasteiger partial charge in [0.15, 0.2) is 5.96 Å². The molecule has 1 amide bonds. The van der Waals surface area contributed by atoms with Crippen molar-refractivity contribution in [2.45, 2.75) is 51.5 Å². The molecule has 2 fully saturated rings. The highest BCUT2D eigenvalue weighted by Crippen LogP contribution is 2.27. The summed E-state index contributed by atoms with van der Waals surface area (Å²) in [6.45, 7) is 6.13. The number of amides is 1. The predicted molar refractivity (Wildman–Crippen MR) is 131 cm³/mol. The maximum absolute atomic E-state index is 12.0. The van der Waals surface area contributed by atoms with Gasteiger partial charge in [0, 0.05) is 44.3 Å². The summed E-state index contributed by atoms with van der Waals surface area (Å²) in [5, 5.41) is 9.89. The van der Waals surface area contributed by atoms with E-state index < -0.39 is 0 Å². The van der Waals surface area contributed by atoms with E-state index in [4.69, 9.17) is 0 Å². The molecule has 29 heavy (non-hydrogen) atoms. The standard InChI is InChI=1S/C22H35N5O.HI/c1-2-23-22(25-14-13-24-21(28)16-18-8-6-7-9-18)26-19-12-15-27(17-19)20-10-4-3-5-11-20;/h3-5,10-11,18-19H,2,6-9,12-17H2,1H3,(H,24,28)(H2,23,25,26);1H. The summed E-state index contributed by atoms with van der Waals surface area (Å²) >= 11 is 0. The average molecular weight is 513 g/mol. The van der Waals surface area contributed by atoms with Crippen LogP contribution in [0.25, 0.3) is 0 Å². The Labute approximate surface area is 192 Å². The van der Waals surface area contributed by atoms with Gasteiger partial charge in [-0.25, -0.2) is 0 Å². The van der Waals surface area contributed by atoms with E-state index in [1.54, 1.807) is 0 Å². The second kappa shape index (κ2) is 12.9. The van der Waals surface area contributed by atoms with E-state index in [2.05, 4.69) is 63.1 Å². The summed E-state index contributed by atoms with van der Waals surface area (Å²) in [5.41, 5.74) is 1.28. The number of guanidine groups is 1. The van der Waals surface area contributed by atoms with Crippen LogP contribution < -0.4 is 20.9 Å². The van der Waals surface area contributed by atoms with Gasteiger partial charge < -0.3 is 20.9 Å². The highest BCUT2D eigenvalue weighted by Gasteiger charge is 2.23. The lowest BCUT2D eigenvalue weighted by atomic mass is 10.0. The predicted octanol–water partition coefficient (Wildman–Crippen LogP) is 3.13. The van der Waals surface area contributed by atoms with Crippen LogP contribution in [-0.4, -0.2) is 50.6 Å². The zero-order valence-electron chi connectivity index (χ0n) is 17.5. The van der Waals surface area contributed by atoms with Crippen LogP contribution in [0.5, 0.6) is 0 Å². The largest absolute Gasteiger partial charge is 0.369 e. The Morgan fingerprint density at radius 1 is 1.14 bits per heavy atom. The second-order valence-corrected chi connectivity index (χ2v) is 7.88. The van der Waals surface area contributed by atoms with E-state index in [9.17, 15) is 4.79 Å². The van der Waals surface area contributed by atoms with Crippen molar-refractivity contribution in [3.63, 3.8) is 0 Å². The molecule has 0 aromatic heterocycles. The van der Waals surface area contributed by atoms with Crippen molar-refractivity contribution < 1.29 is 4.79 Å².